The van der Waals surface area contributed by atoms with Crippen LogP contribution in [0.2, 0.25) is 0 Å². The Kier molecular flexibility index (Phi) is 3.44. The van der Waals surface area contributed by atoms with Crippen LogP contribution in [0, 0.1) is 17.9 Å². The Hall–Kier alpha value is -0.985. The lowest BCUT2D eigenvalue weighted by Crippen LogP contribution is -2.50. The topological polar surface area (TPSA) is 76.0 Å². The smallest absolute Gasteiger partial charge is 0.348 e. The summed E-state index contributed by atoms with van der Waals surface area (Å²) < 4.78 is 21.7. The predicted molar refractivity (Wildman–Crippen MR) is 65.5 cm³/mol. The monoisotopic (exact) mass is 266 g/mol. The van der Waals surface area contributed by atoms with Gasteiger partial charge < -0.3 is 19.3 Å². The molecule has 0 aliphatic carbocycles. The van der Waals surface area contributed by atoms with Gasteiger partial charge in [-0.05, 0) is 18.4 Å². The molecule has 1 unspecified atom stereocenters. The molecule has 0 spiro atoms. The van der Waals surface area contributed by atoms with Gasteiger partial charge in [-0.2, -0.15) is 0 Å². The number of fused-ring (bicyclic) bond motifs is 3. The van der Waals surface area contributed by atoms with E-state index in [-0.39, 0.29) is 12.0 Å². The van der Waals surface area contributed by atoms with Crippen LogP contribution in [0.1, 0.15) is 6.42 Å². The molecule has 3 aliphatic rings. The molecule has 0 aromatic rings. The van der Waals surface area contributed by atoms with Gasteiger partial charge >= 0.3 is 7.60 Å². The first-order valence-electron chi connectivity index (χ1n) is 5.36. The van der Waals surface area contributed by atoms with E-state index in [0.29, 0.717) is 6.42 Å². The Morgan fingerprint density at radius 3 is 2.89 bits per heavy atom. The van der Waals surface area contributed by atoms with Crippen LogP contribution >= 0.6 is 7.60 Å². The summed E-state index contributed by atoms with van der Waals surface area (Å²) in [5, 5.41) is 0. The van der Waals surface area contributed by atoms with Crippen molar-refractivity contribution >= 4 is 15.4 Å². The van der Waals surface area contributed by atoms with Gasteiger partial charge in [0.05, 0.1) is 6.00 Å². The van der Waals surface area contributed by atoms with Crippen LogP contribution in [0.25, 0.3) is 0 Å². The molecular formula is C11H12BO5P. The van der Waals surface area contributed by atoms with Crippen LogP contribution in [0.5, 0.6) is 0 Å². The lowest BCUT2D eigenvalue weighted by atomic mass is 9.76. The van der Waals surface area contributed by atoms with Crippen molar-refractivity contribution in [3.05, 3.63) is 24.5 Å². The van der Waals surface area contributed by atoms with E-state index in [0.717, 1.165) is 5.82 Å². The number of hydrogen-bond donors (Lipinski definition) is 2. The lowest BCUT2D eigenvalue weighted by molar-refractivity contribution is -0.103. The average molecular weight is 266 g/mol. The molecule has 0 amide bonds. The van der Waals surface area contributed by atoms with Gasteiger partial charge in [0.1, 0.15) is 20.1 Å². The zero-order valence-electron chi connectivity index (χ0n) is 9.52. The van der Waals surface area contributed by atoms with Gasteiger partial charge in [0.15, 0.2) is 5.60 Å². The molecular weight excluding hydrogens is 254 g/mol. The van der Waals surface area contributed by atoms with Gasteiger partial charge in [-0.25, -0.2) is 0 Å². The molecule has 2 N–H and O–H groups in total. The van der Waals surface area contributed by atoms with Crippen molar-refractivity contribution in [1.29, 1.82) is 0 Å². The van der Waals surface area contributed by atoms with Crippen molar-refractivity contribution in [2.75, 3.05) is 0 Å². The van der Waals surface area contributed by atoms with Crippen molar-refractivity contribution in [3.8, 4) is 12.0 Å². The van der Waals surface area contributed by atoms with Gasteiger partial charge in [-0.3, -0.25) is 4.57 Å². The van der Waals surface area contributed by atoms with Gasteiger partial charge in [-0.1, -0.05) is 6.08 Å². The summed E-state index contributed by atoms with van der Waals surface area (Å²) in [6.45, 7) is 3.69. The molecule has 18 heavy (non-hydrogen) atoms. The fourth-order valence-electron chi connectivity index (χ4n) is 2.05. The molecule has 3 rings (SSSR count). The molecule has 0 aromatic carbocycles. The Bertz CT molecular complexity index is 487. The van der Waals surface area contributed by atoms with Crippen molar-refractivity contribution in [2.24, 2.45) is 5.92 Å². The molecule has 7 heteroatoms. The van der Waals surface area contributed by atoms with Crippen LogP contribution in [0.4, 0.5) is 0 Å². The number of rotatable bonds is 3. The zero-order chi connectivity index (χ0) is 13.4. The average Bonchev–Trinajstić information content (AvgIpc) is 2.54. The maximum Gasteiger partial charge on any atom is 0.348 e. The van der Waals surface area contributed by atoms with Crippen molar-refractivity contribution < 1.29 is 23.8 Å². The van der Waals surface area contributed by atoms with Crippen LogP contribution in [0.3, 0.4) is 0 Å². The van der Waals surface area contributed by atoms with E-state index in [1.165, 1.54) is 6.08 Å². The van der Waals surface area contributed by atoms with Gasteiger partial charge in [0, 0.05) is 11.7 Å². The highest BCUT2D eigenvalue weighted by atomic mass is 31.2. The maximum atomic E-state index is 10.9. The quantitative estimate of drug-likeness (QED) is 0.336. The minimum absolute atomic E-state index is 0.236. The first-order valence-corrected chi connectivity index (χ1v) is 7.04. The van der Waals surface area contributed by atoms with Crippen LogP contribution in [-0.4, -0.2) is 35.3 Å². The third-order valence-electron chi connectivity index (χ3n) is 2.99. The molecule has 0 aromatic heterocycles. The van der Waals surface area contributed by atoms with Crippen molar-refractivity contribution in [1.82, 2.24) is 0 Å². The second-order valence-electron chi connectivity index (χ2n) is 4.24. The molecule has 3 aliphatic heterocycles. The third-order valence-corrected chi connectivity index (χ3v) is 3.53. The first-order chi connectivity index (χ1) is 8.36. The lowest BCUT2D eigenvalue weighted by Gasteiger charge is -2.41. The van der Waals surface area contributed by atoms with Crippen LogP contribution < -0.4 is 0 Å². The second-order valence-corrected chi connectivity index (χ2v) is 5.72. The molecule has 3 heterocycles. The minimum Gasteiger partial charge on any atom is -0.441 e. The summed E-state index contributed by atoms with van der Waals surface area (Å²) in [7, 11) is 1.49. The van der Waals surface area contributed by atoms with Crippen LogP contribution in [-0.2, 0) is 14.0 Å². The largest absolute Gasteiger partial charge is 0.441 e. The standard InChI is InChI=1S/C11H12BO5P/c1-2-8-7-9-10(12)17-11(8,3-5-16-9)4-6-18(13,14)15/h2,4,6,8-10H,1,7H2,(H2,13,14,15)/b6-4+/t8-,9+,10?,11+/m0/s1. The molecule has 0 saturated carbocycles. The molecule has 2 radical (unpaired) electrons. The predicted octanol–water partition coefficient (Wildman–Crippen LogP) is 0.493. The van der Waals surface area contributed by atoms with E-state index in [4.69, 9.17) is 27.1 Å². The zero-order valence-corrected chi connectivity index (χ0v) is 10.4. The summed E-state index contributed by atoms with van der Waals surface area (Å²) in [5.41, 5.74) is -1.19. The van der Waals surface area contributed by atoms with Gasteiger partial charge in [-0.15, -0.1) is 6.58 Å². The van der Waals surface area contributed by atoms with E-state index in [2.05, 4.69) is 18.6 Å². The number of hydrogen-bond acceptors (Lipinski definition) is 3. The highest BCUT2D eigenvalue weighted by Crippen LogP contribution is 2.42. The summed E-state index contributed by atoms with van der Waals surface area (Å²) in [6.07, 6.45) is 5.52. The van der Waals surface area contributed by atoms with Gasteiger partial charge in [0.2, 0.25) is 0 Å². The SMILES string of the molecule is [B]C1O[C@@]2(/C=C/P(=O)(O)O)C#CO[C@@H]1C[C@@H]2C=C. The maximum absolute atomic E-state index is 10.9. The molecule has 5 nitrogen and oxygen atoms in total. The highest BCUT2D eigenvalue weighted by molar-refractivity contribution is 7.55. The summed E-state index contributed by atoms with van der Waals surface area (Å²) in [4.78, 5) is 17.8. The third kappa shape index (κ3) is 2.55. The normalized spacial score (nSPS) is 38.7. The Morgan fingerprint density at radius 1 is 1.56 bits per heavy atom. The summed E-state index contributed by atoms with van der Waals surface area (Å²) in [5.74, 6) is 3.25. The molecule has 1 fully saturated rings. The molecule has 2 bridgehead atoms. The van der Waals surface area contributed by atoms with E-state index in [1.807, 2.05) is 0 Å². The van der Waals surface area contributed by atoms with E-state index >= 15 is 0 Å². The number of ether oxygens (including phenoxy) is 2. The van der Waals surface area contributed by atoms with E-state index < -0.39 is 19.2 Å². The van der Waals surface area contributed by atoms with E-state index in [1.54, 1.807) is 6.08 Å². The molecule has 4 atom stereocenters. The minimum atomic E-state index is -4.29. The first kappa shape index (κ1) is 13.4. The fraction of sp³-hybridized carbons (Fsp3) is 0.455. The van der Waals surface area contributed by atoms with Crippen LogP contribution in [0.15, 0.2) is 24.5 Å². The summed E-state index contributed by atoms with van der Waals surface area (Å²) >= 11 is 0. The van der Waals surface area contributed by atoms with Crippen molar-refractivity contribution in [2.45, 2.75) is 24.1 Å². The fourth-order valence-corrected chi connectivity index (χ4v) is 2.47. The highest BCUT2D eigenvalue weighted by Gasteiger charge is 2.46. The van der Waals surface area contributed by atoms with Crippen molar-refractivity contribution in [3.63, 3.8) is 0 Å². The van der Waals surface area contributed by atoms with Gasteiger partial charge in [0.25, 0.3) is 0 Å². The Balaban J connectivity index is 2.40. The Labute approximate surface area is 106 Å². The second kappa shape index (κ2) is 4.60. The Morgan fingerprint density at radius 2 is 2.28 bits per heavy atom. The molecule has 1 saturated heterocycles. The molecule has 94 valence electrons. The van der Waals surface area contributed by atoms with E-state index in [9.17, 15) is 4.57 Å². The summed E-state index contributed by atoms with van der Waals surface area (Å²) in [6, 6.07) is -0.704.